The highest BCUT2D eigenvalue weighted by Crippen LogP contribution is 2.27. The van der Waals surface area contributed by atoms with Crippen LogP contribution in [0, 0.1) is 0 Å². The Hall–Kier alpha value is -1.87. The van der Waals surface area contributed by atoms with E-state index in [4.69, 9.17) is 9.47 Å². The standard InChI is InChI=1S/C19H28N4O4S/c1-26-17(24)16-13-28-18(20-16)22-7-5-15(6-8-22)27-19(25)23-11-9-21(10-12-23)14-3-2-4-14/h13-15H,2-12H2,1H3. The van der Waals surface area contributed by atoms with Gasteiger partial charge in [0.2, 0.25) is 0 Å². The molecule has 8 nitrogen and oxygen atoms in total. The molecule has 0 atom stereocenters. The summed E-state index contributed by atoms with van der Waals surface area (Å²) in [6, 6.07) is 0.744. The van der Waals surface area contributed by atoms with Crippen LogP contribution >= 0.6 is 11.3 Å². The Morgan fingerprint density at radius 1 is 1.07 bits per heavy atom. The lowest BCUT2D eigenvalue weighted by Gasteiger charge is -2.43. The monoisotopic (exact) mass is 408 g/mol. The van der Waals surface area contributed by atoms with Gasteiger partial charge in [-0.2, -0.15) is 0 Å². The van der Waals surface area contributed by atoms with Crippen LogP contribution < -0.4 is 4.90 Å². The molecule has 1 aromatic rings. The molecule has 1 amide bonds. The second-order valence-corrected chi connectivity index (χ2v) is 8.52. The number of esters is 1. The maximum Gasteiger partial charge on any atom is 0.410 e. The second kappa shape index (κ2) is 8.65. The minimum Gasteiger partial charge on any atom is -0.464 e. The number of methoxy groups -OCH3 is 1. The molecule has 4 rings (SSSR count). The molecule has 1 aliphatic carbocycles. The lowest BCUT2D eigenvalue weighted by Crippen LogP contribution is -2.54. The Kier molecular flexibility index (Phi) is 6.01. The molecule has 0 N–H and O–H groups in total. The molecular formula is C19H28N4O4S. The average Bonchev–Trinajstić information content (AvgIpc) is 3.17. The topological polar surface area (TPSA) is 75.2 Å². The normalized spacial score (nSPS) is 22.0. The van der Waals surface area contributed by atoms with Crippen molar-refractivity contribution < 1.29 is 19.1 Å². The fraction of sp³-hybridized carbons (Fsp3) is 0.737. The van der Waals surface area contributed by atoms with Crippen LogP contribution in [0.4, 0.5) is 9.93 Å². The number of anilines is 1. The van der Waals surface area contributed by atoms with Crippen LogP contribution in [0.2, 0.25) is 0 Å². The van der Waals surface area contributed by atoms with Gasteiger partial charge in [0.15, 0.2) is 10.8 Å². The molecule has 1 saturated carbocycles. The van der Waals surface area contributed by atoms with Gasteiger partial charge in [0.25, 0.3) is 0 Å². The minimum atomic E-state index is -0.413. The maximum absolute atomic E-state index is 12.5. The van der Waals surface area contributed by atoms with E-state index in [1.54, 1.807) is 5.38 Å². The lowest BCUT2D eigenvalue weighted by atomic mass is 9.91. The summed E-state index contributed by atoms with van der Waals surface area (Å²) >= 11 is 1.44. The van der Waals surface area contributed by atoms with Gasteiger partial charge < -0.3 is 19.3 Å². The third kappa shape index (κ3) is 4.25. The molecule has 2 saturated heterocycles. The predicted octanol–water partition coefficient (Wildman–Crippen LogP) is 2.21. The van der Waals surface area contributed by atoms with Crippen LogP contribution in [0.3, 0.4) is 0 Å². The number of hydrogen-bond donors (Lipinski definition) is 0. The van der Waals surface area contributed by atoms with Gasteiger partial charge in [-0.3, -0.25) is 4.90 Å². The molecule has 0 spiro atoms. The van der Waals surface area contributed by atoms with Gasteiger partial charge in [0, 0.05) is 63.5 Å². The number of nitrogens with zero attached hydrogens (tertiary/aromatic N) is 4. The van der Waals surface area contributed by atoms with E-state index in [0.29, 0.717) is 5.69 Å². The van der Waals surface area contributed by atoms with Crippen molar-refractivity contribution in [2.75, 3.05) is 51.3 Å². The number of carbonyl (C=O) groups is 2. The molecule has 9 heteroatoms. The first kappa shape index (κ1) is 19.4. The van der Waals surface area contributed by atoms with E-state index in [-0.39, 0.29) is 12.2 Å². The summed E-state index contributed by atoms with van der Waals surface area (Å²) in [4.78, 5) is 34.9. The quantitative estimate of drug-likeness (QED) is 0.707. The highest BCUT2D eigenvalue weighted by molar-refractivity contribution is 7.13. The molecule has 1 aromatic heterocycles. The third-order valence-corrected chi connectivity index (χ3v) is 6.93. The molecule has 0 radical (unpaired) electrons. The largest absolute Gasteiger partial charge is 0.464 e. The van der Waals surface area contributed by atoms with Crippen molar-refractivity contribution in [2.45, 2.75) is 44.2 Å². The number of piperazine rings is 1. The van der Waals surface area contributed by atoms with Crippen molar-refractivity contribution in [1.29, 1.82) is 0 Å². The van der Waals surface area contributed by atoms with Crippen LogP contribution in [-0.4, -0.2) is 85.4 Å². The lowest BCUT2D eigenvalue weighted by molar-refractivity contribution is 0.0230. The van der Waals surface area contributed by atoms with E-state index in [9.17, 15) is 9.59 Å². The van der Waals surface area contributed by atoms with Gasteiger partial charge in [-0.25, -0.2) is 14.6 Å². The fourth-order valence-corrected chi connectivity index (χ4v) is 4.86. The number of thiazole rings is 1. The van der Waals surface area contributed by atoms with Gasteiger partial charge in [0.05, 0.1) is 7.11 Å². The molecule has 154 valence electrons. The van der Waals surface area contributed by atoms with E-state index in [1.807, 2.05) is 4.90 Å². The number of piperidine rings is 1. The van der Waals surface area contributed by atoms with Crippen LogP contribution in [-0.2, 0) is 9.47 Å². The van der Waals surface area contributed by atoms with Crippen molar-refractivity contribution in [2.24, 2.45) is 0 Å². The molecule has 0 bridgehead atoms. The average molecular weight is 409 g/mol. The van der Waals surface area contributed by atoms with Gasteiger partial charge in [-0.15, -0.1) is 11.3 Å². The molecule has 3 aliphatic rings. The zero-order chi connectivity index (χ0) is 19.5. The van der Waals surface area contributed by atoms with Crippen LogP contribution in [0.1, 0.15) is 42.6 Å². The van der Waals surface area contributed by atoms with Crippen molar-refractivity contribution in [3.05, 3.63) is 11.1 Å². The first-order chi connectivity index (χ1) is 13.6. The van der Waals surface area contributed by atoms with Crippen LogP contribution in [0.5, 0.6) is 0 Å². The first-order valence-corrected chi connectivity index (χ1v) is 11.0. The van der Waals surface area contributed by atoms with Crippen molar-refractivity contribution in [3.63, 3.8) is 0 Å². The van der Waals surface area contributed by atoms with Crippen LogP contribution in [0.15, 0.2) is 5.38 Å². The SMILES string of the molecule is COC(=O)c1csc(N2CCC(OC(=O)N3CCN(C4CCC4)CC3)CC2)n1. The Labute approximate surface area is 169 Å². The molecule has 3 fully saturated rings. The van der Waals surface area contributed by atoms with E-state index < -0.39 is 5.97 Å². The van der Waals surface area contributed by atoms with E-state index >= 15 is 0 Å². The third-order valence-electron chi connectivity index (χ3n) is 6.03. The van der Waals surface area contributed by atoms with Crippen molar-refractivity contribution in [3.8, 4) is 0 Å². The second-order valence-electron chi connectivity index (χ2n) is 7.68. The zero-order valence-electron chi connectivity index (χ0n) is 16.3. The van der Waals surface area contributed by atoms with E-state index in [2.05, 4.69) is 14.8 Å². The molecule has 0 unspecified atom stereocenters. The van der Waals surface area contributed by atoms with Gasteiger partial charge in [-0.1, -0.05) is 6.42 Å². The van der Waals surface area contributed by atoms with E-state index in [0.717, 1.165) is 63.3 Å². The van der Waals surface area contributed by atoms with Crippen molar-refractivity contribution in [1.82, 2.24) is 14.8 Å². The number of aromatic nitrogens is 1. The summed E-state index contributed by atoms with van der Waals surface area (Å²) in [6.07, 6.45) is 5.30. The summed E-state index contributed by atoms with van der Waals surface area (Å²) in [5.41, 5.74) is 0.345. The Balaban J connectivity index is 1.20. The number of rotatable bonds is 4. The molecule has 28 heavy (non-hydrogen) atoms. The fourth-order valence-electron chi connectivity index (χ4n) is 4.01. The highest BCUT2D eigenvalue weighted by atomic mass is 32.1. The molecular weight excluding hydrogens is 380 g/mol. The van der Waals surface area contributed by atoms with E-state index in [1.165, 1.54) is 37.7 Å². The Morgan fingerprint density at radius 3 is 2.39 bits per heavy atom. The molecule has 3 heterocycles. The van der Waals surface area contributed by atoms with Crippen molar-refractivity contribution >= 4 is 28.5 Å². The van der Waals surface area contributed by atoms with Gasteiger partial charge in [0.1, 0.15) is 6.10 Å². The number of hydrogen-bond acceptors (Lipinski definition) is 8. The number of carbonyl (C=O) groups excluding carboxylic acids is 2. The Bertz CT molecular complexity index is 692. The maximum atomic E-state index is 12.5. The summed E-state index contributed by atoms with van der Waals surface area (Å²) in [6.45, 7) is 4.99. The van der Waals surface area contributed by atoms with Gasteiger partial charge in [-0.05, 0) is 12.8 Å². The first-order valence-electron chi connectivity index (χ1n) is 10.1. The summed E-state index contributed by atoms with van der Waals surface area (Å²) in [5, 5.41) is 2.54. The number of ether oxygens (including phenoxy) is 2. The predicted molar refractivity (Wildman–Crippen MR) is 106 cm³/mol. The molecule has 0 aromatic carbocycles. The minimum absolute atomic E-state index is 0.0477. The zero-order valence-corrected chi connectivity index (χ0v) is 17.2. The van der Waals surface area contributed by atoms with Gasteiger partial charge >= 0.3 is 12.1 Å². The smallest absolute Gasteiger partial charge is 0.410 e. The summed E-state index contributed by atoms with van der Waals surface area (Å²) in [5.74, 6) is -0.413. The Morgan fingerprint density at radius 2 is 1.79 bits per heavy atom. The summed E-state index contributed by atoms with van der Waals surface area (Å²) in [7, 11) is 1.36. The summed E-state index contributed by atoms with van der Waals surface area (Å²) < 4.78 is 10.5. The number of amides is 1. The highest BCUT2D eigenvalue weighted by Gasteiger charge is 2.31. The molecule has 2 aliphatic heterocycles. The van der Waals surface area contributed by atoms with Crippen LogP contribution in [0.25, 0.3) is 0 Å².